The molecule has 2 rings (SSSR count). The van der Waals surface area contributed by atoms with E-state index >= 15 is 0 Å². The van der Waals surface area contributed by atoms with Gasteiger partial charge < -0.3 is 15.4 Å². The fourth-order valence-electron chi connectivity index (χ4n) is 2.57. The fraction of sp³-hybridized carbons (Fsp3) is 0.250. The molecule has 2 aromatic rings. The lowest BCUT2D eigenvalue weighted by atomic mass is 9.82. The average molecular weight is 366 g/mol. The molecule has 140 valence electrons. The Morgan fingerprint density at radius 1 is 1.37 bits per heavy atom. The summed E-state index contributed by atoms with van der Waals surface area (Å²) in [6.45, 7) is 5.30. The first-order valence-corrected chi connectivity index (χ1v) is 8.37. The molecule has 7 nitrogen and oxygen atoms in total. The number of carbonyl (C=O) groups excluding carboxylic acids is 1. The minimum absolute atomic E-state index is 0.0162. The third-order valence-electron chi connectivity index (χ3n) is 4.34. The molecule has 2 N–H and O–H groups in total. The molecular weight excluding hydrogens is 346 g/mol. The zero-order valence-electron chi connectivity index (χ0n) is 15.3. The molecule has 0 atom stereocenters. The maximum Gasteiger partial charge on any atom is 0.266 e. The van der Waals surface area contributed by atoms with E-state index in [1.807, 2.05) is 13.0 Å². The second-order valence-electron chi connectivity index (χ2n) is 6.53. The number of aromatic amines is 1. The number of aromatic nitrogens is 1. The largest absolute Gasteiger partial charge is 0.733 e. The SMILES string of the molecule is CC/C=C\C(=O)C(C)(C)c1cc(-c2ccc(N([O-])O)cc2)c(C#N)c(=O)[nH]1. The highest BCUT2D eigenvalue weighted by Crippen LogP contribution is 2.29. The van der Waals surface area contributed by atoms with Crippen molar-refractivity contribution in [3.8, 4) is 17.2 Å². The smallest absolute Gasteiger partial charge is 0.266 e. The second kappa shape index (κ2) is 7.99. The van der Waals surface area contributed by atoms with E-state index in [2.05, 4.69) is 4.98 Å². The van der Waals surface area contributed by atoms with Crippen LogP contribution in [0.2, 0.25) is 0 Å². The molecule has 27 heavy (non-hydrogen) atoms. The predicted molar refractivity (Wildman–Crippen MR) is 102 cm³/mol. The van der Waals surface area contributed by atoms with Gasteiger partial charge in [-0.2, -0.15) is 5.26 Å². The predicted octanol–water partition coefficient (Wildman–Crippen LogP) is 3.42. The van der Waals surface area contributed by atoms with Gasteiger partial charge in [-0.25, -0.2) is 0 Å². The number of nitrogens with one attached hydrogen (secondary N) is 1. The highest BCUT2D eigenvalue weighted by Gasteiger charge is 2.30. The summed E-state index contributed by atoms with van der Waals surface area (Å²) in [6.07, 6.45) is 3.94. The lowest BCUT2D eigenvalue weighted by Crippen LogP contribution is -2.31. The van der Waals surface area contributed by atoms with Crippen molar-refractivity contribution < 1.29 is 10.0 Å². The first kappa shape index (κ1) is 20.1. The number of rotatable bonds is 6. The summed E-state index contributed by atoms with van der Waals surface area (Å²) in [4.78, 5) is 27.6. The van der Waals surface area contributed by atoms with Crippen molar-refractivity contribution in [3.05, 3.63) is 69.3 Å². The molecule has 0 saturated heterocycles. The van der Waals surface area contributed by atoms with Crippen LogP contribution in [0.4, 0.5) is 5.69 Å². The van der Waals surface area contributed by atoms with Crippen molar-refractivity contribution in [2.75, 3.05) is 5.23 Å². The molecule has 0 aliphatic heterocycles. The summed E-state index contributed by atoms with van der Waals surface area (Å²) >= 11 is 0. The minimum atomic E-state index is -0.996. The normalized spacial score (nSPS) is 11.4. The van der Waals surface area contributed by atoms with Crippen molar-refractivity contribution in [2.45, 2.75) is 32.6 Å². The number of hydrogen-bond donors (Lipinski definition) is 2. The molecule has 0 radical (unpaired) electrons. The lowest BCUT2D eigenvalue weighted by molar-refractivity contribution is -0.118. The maximum absolute atomic E-state index is 12.5. The topological polar surface area (TPSA) is 120 Å². The molecule has 0 spiro atoms. The average Bonchev–Trinajstić information content (AvgIpc) is 2.65. The molecule has 1 heterocycles. The highest BCUT2D eigenvalue weighted by atomic mass is 16.8. The van der Waals surface area contributed by atoms with Gasteiger partial charge in [-0.05, 0) is 50.1 Å². The molecule has 1 aromatic carbocycles. The molecule has 1 aromatic heterocycles. The van der Waals surface area contributed by atoms with E-state index < -0.39 is 11.0 Å². The summed E-state index contributed by atoms with van der Waals surface area (Å²) < 4.78 is 0. The summed E-state index contributed by atoms with van der Waals surface area (Å²) in [5, 5.41) is 29.0. The summed E-state index contributed by atoms with van der Waals surface area (Å²) in [6, 6.07) is 9.24. The molecule has 0 unspecified atom stereocenters. The van der Waals surface area contributed by atoms with Crippen molar-refractivity contribution in [3.63, 3.8) is 0 Å². The van der Waals surface area contributed by atoms with Gasteiger partial charge in [0.25, 0.3) is 5.56 Å². The fourth-order valence-corrected chi connectivity index (χ4v) is 2.57. The van der Waals surface area contributed by atoms with Gasteiger partial charge in [-0.1, -0.05) is 25.1 Å². The molecule has 0 aliphatic carbocycles. The maximum atomic E-state index is 12.5. The molecule has 0 aliphatic rings. The van der Waals surface area contributed by atoms with Gasteiger partial charge in [0.05, 0.1) is 11.1 Å². The van der Waals surface area contributed by atoms with E-state index in [1.54, 1.807) is 26.0 Å². The monoisotopic (exact) mass is 366 g/mol. The third kappa shape index (κ3) is 4.14. The van der Waals surface area contributed by atoms with Gasteiger partial charge in [0.15, 0.2) is 5.78 Å². The van der Waals surface area contributed by atoms with Crippen LogP contribution in [-0.4, -0.2) is 16.0 Å². The highest BCUT2D eigenvalue weighted by molar-refractivity contribution is 5.98. The van der Waals surface area contributed by atoms with Crippen LogP contribution in [0.25, 0.3) is 11.1 Å². The van der Waals surface area contributed by atoms with Gasteiger partial charge in [-0.3, -0.25) is 14.8 Å². The number of nitriles is 1. The molecule has 7 heteroatoms. The van der Waals surface area contributed by atoms with Crippen LogP contribution in [0.15, 0.2) is 47.3 Å². The van der Waals surface area contributed by atoms with Gasteiger partial charge in [0.1, 0.15) is 11.6 Å². The van der Waals surface area contributed by atoms with Crippen LogP contribution >= 0.6 is 0 Å². The number of benzene rings is 1. The van der Waals surface area contributed by atoms with Gasteiger partial charge in [0.2, 0.25) is 0 Å². The number of nitrogens with zero attached hydrogens (tertiary/aromatic N) is 2. The van der Waals surface area contributed by atoms with Crippen LogP contribution in [0.1, 0.15) is 38.4 Å². The molecule has 0 amide bonds. The van der Waals surface area contributed by atoms with Crippen LogP contribution in [0.3, 0.4) is 0 Å². The first-order valence-electron chi connectivity index (χ1n) is 8.37. The van der Waals surface area contributed by atoms with Crippen molar-refractivity contribution in [1.82, 2.24) is 4.98 Å². The number of pyridine rings is 1. The molecular formula is C20H20N3O4-. The van der Waals surface area contributed by atoms with Crippen molar-refractivity contribution in [2.24, 2.45) is 0 Å². The molecule has 0 fully saturated rings. The Labute approximate surface area is 156 Å². The van der Waals surface area contributed by atoms with E-state index in [-0.39, 0.29) is 22.3 Å². The number of hydrogen-bond acceptors (Lipinski definition) is 6. The van der Waals surface area contributed by atoms with Crippen LogP contribution < -0.4 is 10.8 Å². The standard InChI is InChI=1S/C20H20N3O4/c1-4-5-6-18(24)20(2,3)17-11-15(16(12-21)19(25)22-17)13-7-9-14(10-8-13)23(26)27/h5-11,26H,4H2,1-3H3,(H,22,25)/q-1/b6-5-. The zero-order valence-corrected chi connectivity index (χ0v) is 15.3. The van der Waals surface area contributed by atoms with E-state index in [0.29, 0.717) is 23.2 Å². The van der Waals surface area contributed by atoms with E-state index in [0.717, 1.165) is 0 Å². The number of H-pyrrole nitrogens is 1. The van der Waals surface area contributed by atoms with Gasteiger partial charge in [-0.15, -0.1) is 0 Å². The Balaban J connectivity index is 2.62. The van der Waals surface area contributed by atoms with Crippen molar-refractivity contribution in [1.29, 1.82) is 5.26 Å². The Morgan fingerprint density at radius 3 is 2.52 bits per heavy atom. The van der Waals surface area contributed by atoms with Gasteiger partial charge >= 0.3 is 0 Å². The number of carbonyl (C=O) groups is 1. The van der Waals surface area contributed by atoms with Crippen LogP contribution in [0.5, 0.6) is 0 Å². The summed E-state index contributed by atoms with van der Waals surface area (Å²) in [5.41, 5.74) is -0.435. The van der Waals surface area contributed by atoms with Crippen molar-refractivity contribution >= 4 is 11.5 Å². The minimum Gasteiger partial charge on any atom is -0.733 e. The van der Waals surface area contributed by atoms with E-state index in [4.69, 9.17) is 5.21 Å². The first-order chi connectivity index (χ1) is 12.7. The second-order valence-corrected chi connectivity index (χ2v) is 6.53. The summed E-state index contributed by atoms with van der Waals surface area (Å²) in [7, 11) is 0. The Bertz CT molecular complexity index is 964. The van der Waals surface area contributed by atoms with Gasteiger partial charge in [0, 0.05) is 11.3 Å². The van der Waals surface area contributed by atoms with Crippen LogP contribution in [-0.2, 0) is 10.2 Å². The molecule has 0 bridgehead atoms. The quantitative estimate of drug-likeness (QED) is 0.597. The Kier molecular flexibility index (Phi) is 5.95. The number of anilines is 1. The Hall–Kier alpha value is -3.21. The number of ketones is 1. The third-order valence-corrected chi connectivity index (χ3v) is 4.34. The zero-order chi connectivity index (χ0) is 20.2. The lowest BCUT2D eigenvalue weighted by Gasteiger charge is -2.23. The van der Waals surface area contributed by atoms with E-state index in [1.165, 1.54) is 30.3 Å². The number of allylic oxidation sites excluding steroid dienone is 2. The van der Waals surface area contributed by atoms with Crippen LogP contribution in [0, 0.1) is 16.5 Å². The van der Waals surface area contributed by atoms with E-state index in [9.17, 15) is 20.1 Å². The Morgan fingerprint density at radius 2 is 2.00 bits per heavy atom. The molecule has 0 saturated carbocycles. The summed E-state index contributed by atoms with van der Waals surface area (Å²) in [5.74, 6) is -0.173.